The van der Waals surface area contributed by atoms with E-state index >= 15 is 0 Å². The topological polar surface area (TPSA) is 21.3 Å². The van der Waals surface area contributed by atoms with Gasteiger partial charge in [0.05, 0.1) is 6.61 Å². The Morgan fingerprint density at radius 1 is 1.40 bits per heavy atom. The molecule has 3 rings (SSSR count). The Morgan fingerprint density at radius 3 is 3.15 bits per heavy atom. The molecule has 1 aromatic rings. The molecule has 2 atom stereocenters. The third-order valence-corrected chi connectivity index (χ3v) is 6.05. The highest BCUT2D eigenvalue weighted by Gasteiger charge is 2.22. The number of aryl methyl sites for hydroxylation is 1. The predicted octanol–water partition coefficient (Wildman–Crippen LogP) is 3.43. The van der Waals surface area contributed by atoms with Crippen LogP contribution in [0.1, 0.15) is 36.8 Å². The summed E-state index contributed by atoms with van der Waals surface area (Å²) < 4.78 is 5.58. The molecule has 2 nitrogen and oxygen atoms in total. The van der Waals surface area contributed by atoms with Gasteiger partial charge in [0.25, 0.3) is 0 Å². The summed E-state index contributed by atoms with van der Waals surface area (Å²) in [5, 5.41) is 4.36. The molecule has 0 amide bonds. The van der Waals surface area contributed by atoms with Gasteiger partial charge in [-0.1, -0.05) is 18.6 Å². The lowest BCUT2D eigenvalue weighted by Gasteiger charge is -2.29. The third kappa shape index (κ3) is 3.32. The molecule has 110 valence electrons. The van der Waals surface area contributed by atoms with Crippen LogP contribution in [0.5, 0.6) is 5.75 Å². The van der Waals surface area contributed by atoms with Crippen molar-refractivity contribution in [1.82, 2.24) is 5.32 Å². The summed E-state index contributed by atoms with van der Waals surface area (Å²) in [5.74, 6) is 2.45. The first kappa shape index (κ1) is 14.3. The van der Waals surface area contributed by atoms with E-state index in [-0.39, 0.29) is 0 Å². The van der Waals surface area contributed by atoms with E-state index in [4.69, 9.17) is 4.74 Å². The first-order chi connectivity index (χ1) is 9.86. The maximum atomic E-state index is 5.58. The van der Waals surface area contributed by atoms with E-state index in [1.807, 2.05) is 0 Å². The van der Waals surface area contributed by atoms with Crippen LogP contribution in [-0.4, -0.2) is 30.7 Å². The van der Waals surface area contributed by atoms with Crippen molar-refractivity contribution < 1.29 is 4.74 Å². The molecule has 1 N–H and O–H groups in total. The molecule has 0 aromatic heterocycles. The van der Waals surface area contributed by atoms with Crippen LogP contribution in [0.3, 0.4) is 0 Å². The van der Waals surface area contributed by atoms with Crippen LogP contribution in [0, 0.1) is 0 Å². The molecule has 1 fully saturated rings. The Morgan fingerprint density at radius 2 is 2.35 bits per heavy atom. The smallest absolute Gasteiger partial charge is 0.122 e. The zero-order chi connectivity index (χ0) is 13.8. The van der Waals surface area contributed by atoms with E-state index in [2.05, 4.69) is 42.3 Å². The number of thioether (sulfide) groups is 1. The summed E-state index contributed by atoms with van der Waals surface area (Å²) in [6, 6.07) is 7.40. The molecule has 0 saturated carbocycles. The summed E-state index contributed by atoms with van der Waals surface area (Å²) >= 11 is 2.17. The summed E-state index contributed by atoms with van der Waals surface area (Å²) in [7, 11) is 2.12. The van der Waals surface area contributed by atoms with Gasteiger partial charge in [-0.05, 0) is 55.7 Å². The number of ether oxygens (including phenoxy) is 1. The van der Waals surface area contributed by atoms with Crippen LogP contribution in [0.15, 0.2) is 18.2 Å². The Labute approximate surface area is 126 Å². The van der Waals surface area contributed by atoms with E-state index in [0.717, 1.165) is 24.0 Å². The second-order valence-electron chi connectivity index (χ2n) is 5.88. The molecular weight excluding hydrogens is 266 g/mol. The number of hydrogen-bond donors (Lipinski definition) is 1. The van der Waals surface area contributed by atoms with Crippen molar-refractivity contribution in [2.24, 2.45) is 0 Å². The maximum Gasteiger partial charge on any atom is 0.122 e. The van der Waals surface area contributed by atoms with Gasteiger partial charge in [-0.3, -0.25) is 0 Å². The fourth-order valence-corrected chi connectivity index (χ4v) is 4.83. The first-order valence-electron chi connectivity index (χ1n) is 7.90. The highest BCUT2D eigenvalue weighted by Crippen LogP contribution is 2.30. The first-order valence-corrected chi connectivity index (χ1v) is 8.95. The molecule has 0 spiro atoms. The Hall–Kier alpha value is -0.670. The fourth-order valence-electron chi connectivity index (χ4n) is 3.32. The molecule has 2 aliphatic heterocycles. The third-order valence-electron chi connectivity index (χ3n) is 4.53. The second-order valence-corrected chi connectivity index (χ2v) is 7.23. The molecule has 2 unspecified atom stereocenters. The van der Waals surface area contributed by atoms with Gasteiger partial charge in [0, 0.05) is 17.7 Å². The normalized spacial score (nSPS) is 23.1. The molecule has 3 heteroatoms. The van der Waals surface area contributed by atoms with E-state index in [0.29, 0.717) is 6.04 Å². The summed E-state index contributed by atoms with van der Waals surface area (Å²) in [5.41, 5.74) is 2.87. The van der Waals surface area contributed by atoms with E-state index in [1.54, 1.807) is 0 Å². The Bertz CT molecular complexity index is 443. The van der Waals surface area contributed by atoms with Gasteiger partial charge in [0.2, 0.25) is 0 Å². The second kappa shape index (κ2) is 6.86. The molecule has 0 aliphatic carbocycles. The zero-order valence-corrected chi connectivity index (χ0v) is 13.2. The number of fused-ring (bicyclic) bond motifs is 1. The highest BCUT2D eigenvalue weighted by molar-refractivity contribution is 8.00. The number of benzene rings is 1. The number of nitrogens with one attached hydrogen (secondary N) is 1. The summed E-state index contributed by atoms with van der Waals surface area (Å²) in [4.78, 5) is 0. The monoisotopic (exact) mass is 291 g/mol. The van der Waals surface area contributed by atoms with Crippen molar-refractivity contribution in [3.63, 3.8) is 0 Å². The van der Waals surface area contributed by atoms with Crippen molar-refractivity contribution in [2.45, 2.75) is 49.8 Å². The maximum absolute atomic E-state index is 5.58. The van der Waals surface area contributed by atoms with Gasteiger partial charge in [-0.2, -0.15) is 11.8 Å². The van der Waals surface area contributed by atoms with E-state index in [1.165, 1.54) is 49.0 Å². The Balaban J connectivity index is 1.57. The molecular formula is C17H25NOS. The van der Waals surface area contributed by atoms with Crippen molar-refractivity contribution in [3.05, 3.63) is 29.3 Å². The lowest BCUT2D eigenvalue weighted by molar-refractivity contribution is 0.357. The zero-order valence-electron chi connectivity index (χ0n) is 12.4. The van der Waals surface area contributed by atoms with Crippen LogP contribution in [0.25, 0.3) is 0 Å². The van der Waals surface area contributed by atoms with Gasteiger partial charge in [-0.15, -0.1) is 0 Å². The number of rotatable bonds is 5. The van der Waals surface area contributed by atoms with E-state index < -0.39 is 0 Å². The molecule has 20 heavy (non-hydrogen) atoms. The summed E-state index contributed by atoms with van der Waals surface area (Å²) in [6.07, 6.45) is 7.70. The van der Waals surface area contributed by atoms with Crippen molar-refractivity contribution in [3.8, 4) is 5.75 Å². The SMILES string of the molecule is CNC(CCc1ccc2c(c1)CCO2)C1CCCCS1. The van der Waals surface area contributed by atoms with Crippen molar-refractivity contribution >= 4 is 11.8 Å². The van der Waals surface area contributed by atoms with Crippen LogP contribution in [0.2, 0.25) is 0 Å². The van der Waals surface area contributed by atoms with Crippen molar-refractivity contribution in [2.75, 3.05) is 19.4 Å². The molecule has 1 aromatic carbocycles. The standard InChI is InChI=1S/C17H25NOS/c1-18-15(17-4-2-3-11-20-17)7-5-13-6-8-16-14(12-13)9-10-19-16/h6,8,12,15,17-18H,2-5,7,9-11H2,1H3. The number of hydrogen-bond acceptors (Lipinski definition) is 3. The van der Waals surface area contributed by atoms with Gasteiger partial charge < -0.3 is 10.1 Å². The van der Waals surface area contributed by atoms with Gasteiger partial charge in [0.15, 0.2) is 0 Å². The van der Waals surface area contributed by atoms with E-state index in [9.17, 15) is 0 Å². The molecule has 2 aliphatic rings. The lowest BCUT2D eigenvalue weighted by atomic mass is 9.98. The summed E-state index contributed by atoms with van der Waals surface area (Å²) in [6.45, 7) is 0.858. The molecule has 2 heterocycles. The average Bonchev–Trinajstić information content (AvgIpc) is 2.96. The molecule has 0 bridgehead atoms. The molecule has 1 saturated heterocycles. The van der Waals surface area contributed by atoms with Gasteiger partial charge >= 0.3 is 0 Å². The van der Waals surface area contributed by atoms with Gasteiger partial charge in [-0.25, -0.2) is 0 Å². The largest absolute Gasteiger partial charge is 0.493 e. The fraction of sp³-hybridized carbons (Fsp3) is 0.647. The van der Waals surface area contributed by atoms with Crippen LogP contribution < -0.4 is 10.1 Å². The molecule has 0 radical (unpaired) electrons. The van der Waals surface area contributed by atoms with Crippen LogP contribution >= 0.6 is 11.8 Å². The highest BCUT2D eigenvalue weighted by atomic mass is 32.2. The minimum atomic E-state index is 0.657. The van der Waals surface area contributed by atoms with Crippen LogP contribution in [0.4, 0.5) is 0 Å². The quantitative estimate of drug-likeness (QED) is 0.898. The Kier molecular flexibility index (Phi) is 4.90. The van der Waals surface area contributed by atoms with Crippen LogP contribution in [-0.2, 0) is 12.8 Å². The minimum absolute atomic E-state index is 0.657. The lowest BCUT2D eigenvalue weighted by Crippen LogP contribution is -2.37. The minimum Gasteiger partial charge on any atom is -0.493 e. The van der Waals surface area contributed by atoms with Crippen molar-refractivity contribution in [1.29, 1.82) is 0 Å². The average molecular weight is 291 g/mol. The predicted molar refractivity (Wildman–Crippen MR) is 86.9 cm³/mol. The van der Waals surface area contributed by atoms with Gasteiger partial charge in [0.1, 0.15) is 5.75 Å².